The highest BCUT2D eigenvalue weighted by Crippen LogP contribution is 2.57. The van der Waals surface area contributed by atoms with Gasteiger partial charge in [0, 0.05) is 31.4 Å². The summed E-state index contributed by atoms with van der Waals surface area (Å²) in [5.74, 6) is 0. The van der Waals surface area contributed by atoms with E-state index in [2.05, 4.69) is 205 Å². The van der Waals surface area contributed by atoms with Crippen LogP contribution in [0.3, 0.4) is 0 Å². The Morgan fingerprint density at radius 3 is 1.67 bits per heavy atom. The molecule has 51 heavy (non-hydrogen) atoms. The molecule has 240 valence electrons. The van der Waals surface area contributed by atoms with Crippen molar-refractivity contribution in [2.75, 3.05) is 4.90 Å². The summed E-state index contributed by atoms with van der Waals surface area (Å²) in [6, 6.07) is 73.4. The molecule has 1 heterocycles. The van der Waals surface area contributed by atoms with Gasteiger partial charge in [-0.2, -0.15) is 0 Å². The maximum atomic E-state index is 2.50. The van der Waals surface area contributed by atoms with Crippen LogP contribution in [0.2, 0.25) is 0 Å². The van der Waals surface area contributed by atoms with Crippen LogP contribution in [-0.4, -0.2) is 0 Å². The lowest BCUT2D eigenvalue weighted by molar-refractivity contribution is 0.770. The summed E-state index contributed by atoms with van der Waals surface area (Å²) in [5.41, 5.74) is 13.2. The Kier molecular flexibility index (Phi) is 6.97. The van der Waals surface area contributed by atoms with Crippen LogP contribution in [0.1, 0.15) is 22.3 Å². The first-order chi connectivity index (χ1) is 25.3. The van der Waals surface area contributed by atoms with Crippen molar-refractivity contribution in [2.24, 2.45) is 0 Å². The van der Waals surface area contributed by atoms with Crippen LogP contribution in [0.4, 0.5) is 17.1 Å². The fourth-order valence-corrected chi connectivity index (χ4v) is 9.56. The van der Waals surface area contributed by atoms with E-state index in [1.807, 2.05) is 11.3 Å². The second-order valence-electron chi connectivity index (χ2n) is 13.2. The van der Waals surface area contributed by atoms with Crippen molar-refractivity contribution in [1.82, 2.24) is 0 Å². The first kappa shape index (κ1) is 29.7. The van der Waals surface area contributed by atoms with Crippen LogP contribution in [0.5, 0.6) is 0 Å². The van der Waals surface area contributed by atoms with Gasteiger partial charge in [0.15, 0.2) is 0 Å². The van der Waals surface area contributed by atoms with E-state index in [1.165, 1.54) is 70.4 Å². The molecule has 0 saturated heterocycles. The number of rotatable bonds is 6. The van der Waals surface area contributed by atoms with E-state index in [0.29, 0.717) is 0 Å². The molecule has 0 fully saturated rings. The third-order valence-electron chi connectivity index (χ3n) is 10.6. The zero-order valence-corrected chi connectivity index (χ0v) is 28.7. The molecule has 9 aromatic rings. The standard InChI is InChI=1S/C49H33NS/c1-4-17-34(18-5-1)38-23-12-15-28-44(38)50(37-21-8-3-9-22-37)45-29-16-30-47-48(45)41-33-36(31-32-46(41)51-47)49(35-19-6-2-7-20-35)42-26-13-10-24-39(42)40-25-11-14-27-43(40)49/h1-33H. The molecule has 0 unspecified atom stereocenters. The van der Waals surface area contributed by atoms with Gasteiger partial charge in [0.25, 0.3) is 0 Å². The molecule has 1 aliphatic rings. The van der Waals surface area contributed by atoms with Crippen molar-refractivity contribution in [3.63, 3.8) is 0 Å². The monoisotopic (exact) mass is 667 g/mol. The molecule has 10 rings (SSSR count). The van der Waals surface area contributed by atoms with Gasteiger partial charge in [-0.1, -0.05) is 158 Å². The van der Waals surface area contributed by atoms with Gasteiger partial charge in [-0.3, -0.25) is 0 Å². The molecule has 1 aliphatic carbocycles. The highest BCUT2D eigenvalue weighted by molar-refractivity contribution is 7.26. The topological polar surface area (TPSA) is 3.24 Å². The second kappa shape index (κ2) is 12.0. The Morgan fingerprint density at radius 2 is 0.961 bits per heavy atom. The molecule has 8 aromatic carbocycles. The Labute approximate surface area is 302 Å². The summed E-state index contributed by atoms with van der Waals surface area (Å²) in [4.78, 5) is 2.45. The fourth-order valence-electron chi connectivity index (χ4n) is 8.46. The summed E-state index contributed by atoms with van der Waals surface area (Å²) in [7, 11) is 0. The summed E-state index contributed by atoms with van der Waals surface area (Å²) in [6.45, 7) is 0. The van der Waals surface area contributed by atoms with Gasteiger partial charge in [0.05, 0.1) is 16.8 Å². The third kappa shape index (κ3) is 4.54. The number of hydrogen-bond donors (Lipinski definition) is 0. The highest BCUT2D eigenvalue weighted by atomic mass is 32.1. The molecule has 0 bridgehead atoms. The molecule has 0 saturated carbocycles. The zero-order chi connectivity index (χ0) is 33.8. The smallest absolute Gasteiger partial charge is 0.0713 e. The van der Waals surface area contributed by atoms with Crippen molar-refractivity contribution in [3.05, 3.63) is 222 Å². The number of fused-ring (bicyclic) bond motifs is 6. The van der Waals surface area contributed by atoms with Gasteiger partial charge in [-0.15, -0.1) is 11.3 Å². The molecule has 0 radical (unpaired) electrons. The van der Waals surface area contributed by atoms with Gasteiger partial charge in [-0.05, 0) is 81.4 Å². The number of anilines is 3. The lowest BCUT2D eigenvalue weighted by Gasteiger charge is -2.34. The maximum Gasteiger partial charge on any atom is 0.0713 e. The van der Waals surface area contributed by atoms with Gasteiger partial charge < -0.3 is 4.90 Å². The lowest BCUT2D eigenvalue weighted by Crippen LogP contribution is -2.28. The van der Waals surface area contributed by atoms with E-state index < -0.39 is 5.41 Å². The van der Waals surface area contributed by atoms with Crippen molar-refractivity contribution in [1.29, 1.82) is 0 Å². The van der Waals surface area contributed by atoms with Crippen LogP contribution in [-0.2, 0) is 5.41 Å². The SMILES string of the molecule is c1ccc(-c2ccccc2N(c2ccccc2)c2cccc3sc4ccc(C5(c6ccccc6)c6ccccc6-c6ccccc65)cc4c23)cc1. The van der Waals surface area contributed by atoms with E-state index >= 15 is 0 Å². The average molecular weight is 668 g/mol. The Balaban J connectivity index is 1.28. The molecular formula is C49H33NS. The third-order valence-corrected chi connectivity index (χ3v) is 11.7. The largest absolute Gasteiger partial charge is 0.309 e. The Bertz CT molecular complexity index is 2650. The van der Waals surface area contributed by atoms with Gasteiger partial charge in [0.2, 0.25) is 0 Å². The molecule has 0 atom stereocenters. The van der Waals surface area contributed by atoms with Crippen LogP contribution in [0, 0.1) is 0 Å². The number of para-hydroxylation sites is 2. The van der Waals surface area contributed by atoms with E-state index in [9.17, 15) is 0 Å². The molecule has 2 heteroatoms. The van der Waals surface area contributed by atoms with Crippen molar-refractivity contribution in [2.45, 2.75) is 5.41 Å². The Morgan fingerprint density at radius 1 is 0.392 bits per heavy atom. The van der Waals surface area contributed by atoms with E-state index in [1.54, 1.807) is 0 Å². The molecule has 0 amide bonds. The normalized spacial score (nSPS) is 12.9. The minimum absolute atomic E-state index is 0.454. The maximum absolute atomic E-state index is 2.50. The minimum Gasteiger partial charge on any atom is -0.309 e. The van der Waals surface area contributed by atoms with E-state index in [-0.39, 0.29) is 0 Å². The summed E-state index contributed by atoms with van der Waals surface area (Å²) in [6.07, 6.45) is 0. The summed E-state index contributed by atoms with van der Waals surface area (Å²) >= 11 is 1.87. The first-order valence-electron chi connectivity index (χ1n) is 17.5. The quantitative estimate of drug-likeness (QED) is 0.171. The number of thiophene rings is 1. The van der Waals surface area contributed by atoms with Crippen LogP contribution >= 0.6 is 11.3 Å². The molecule has 0 N–H and O–H groups in total. The molecule has 1 nitrogen and oxygen atoms in total. The van der Waals surface area contributed by atoms with Crippen LogP contribution < -0.4 is 4.90 Å². The molecule has 0 aliphatic heterocycles. The molecule has 1 aromatic heterocycles. The van der Waals surface area contributed by atoms with Crippen LogP contribution in [0.15, 0.2) is 200 Å². The van der Waals surface area contributed by atoms with Crippen LogP contribution in [0.25, 0.3) is 42.4 Å². The van der Waals surface area contributed by atoms with E-state index in [4.69, 9.17) is 0 Å². The summed E-state index contributed by atoms with van der Waals surface area (Å²) in [5, 5.41) is 2.55. The fraction of sp³-hybridized carbons (Fsp3) is 0.0204. The van der Waals surface area contributed by atoms with Gasteiger partial charge in [-0.25, -0.2) is 0 Å². The summed E-state index contributed by atoms with van der Waals surface area (Å²) < 4.78 is 2.56. The first-order valence-corrected chi connectivity index (χ1v) is 18.3. The van der Waals surface area contributed by atoms with E-state index in [0.717, 1.165) is 11.4 Å². The average Bonchev–Trinajstić information content (AvgIpc) is 3.73. The van der Waals surface area contributed by atoms with Crippen molar-refractivity contribution >= 4 is 48.6 Å². The second-order valence-corrected chi connectivity index (χ2v) is 14.3. The molecule has 0 spiro atoms. The predicted octanol–water partition coefficient (Wildman–Crippen LogP) is 13.6. The van der Waals surface area contributed by atoms with Crippen molar-refractivity contribution < 1.29 is 0 Å². The number of hydrogen-bond acceptors (Lipinski definition) is 2. The number of benzene rings is 8. The highest BCUT2D eigenvalue weighted by Gasteiger charge is 2.46. The zero-order valence-electron chi connectivity index (χ0n) is 27.9. The lowest BCUT2D eigenvalue weighted by atomic mass is 9.67. The Hall–Kier alpha value is -6.22. The molecular weight excluding hydrogens is 635 g/mol. The predicted molar refractivity (Wildman–Crippen MR) is 217 cm³/mol. The van der Waals surface area contributed by atoms with Crippen molar-refractivity contribution in [3.8, 4) is 22.3 Å². The van der Waals surface area contributed by atoms with Gasteiger partial charge >= 0.3 is 0 Å². The van der Waals surface area contributed by atoms with Gasteiger partial charge in [0.1, 0.15) is 0 Å². The minimum atomic E-state index is -0.454. The number of nitrogens with zero attached hydrogens (tertiary/aromatic N) is 1.